The first kappa shape index (κ1) is 19.4. The minimum atomic E-state index is -0.0583. The minimum absolute atomic E-state index is 0.0583. The molecule has 0 aromatic carbocycles. The summed E-state index contributed by atoms with van der Waals surface area (Å²) in [6, 6.07) is 2.11. The van der Waals surface area contributed by atoms with Gasteiger partial charge >= 0.3 is 0 Å². The Morgan fingerprint density at radius 1 is 1.32 bits per heavy atom. The van der Waals surface area contributed by atoms with E-state index >= 15 is 0 Å². The Hall–Kier alpha value is -1.90. The van der Waals surface area contributed by atoms with Gasteiger partial charge in [-0.2, -0.15) is 0 Å². The van der Waals surface area contributed by atoms with Crippen LogP contribution in [-0.4, -0.2) is 72.5 Å². The van der Waals surface area contributed by atoms with Crippen molar-refractivity contribution in [2.75, 3.05) is 45.9 Å². The molecule has 2 aromatic heterocycles. The van der Waals surface area contributed by atoms with Crippen molar-refractivity contribution in [2.24, 2.45) is 0 Å². The van der Waals surface area contributed by atoms with Crippen LogP contribution in [0, 0.1) is 6.92 Å². The van der Waals surface area contributed by atoms with Crippen molar-refractivity contribution in [3.63, 3.8) is 0 Å². The van der Waals surface area contributed by atoms with E-state index in [4.69, 9.17) is 4.74 Å². The smallest absolute Gasteiger partial charge is 0.268 e. The number of carbonyl (C=O) groups excluding carboxylic acids is 2. The number of ether oxygens (including phenoxy) is 1. The summed E-state index contributed by atoms with van der Waals surface area (Å²) < 4.78 is 6.63. The summed E-state index contributed by atoms with van der Waals surface area (Å²) in [5.41, 5.74) is 2.80. The van der Waals surface area contributed by atoms with E-state index in [0.29, 0.717) is 18.7 Å². The van der Waals surface area contributed by atoms with Crippen LogP contribution in [0.4, 0.5) is 0 Å². The molecule has 152 valence electrons. The van der Waals surface area contributed by atoms with Crippen molar-refractivity contribution >= 4 is 33.4 Å². The third kappa shape index (κ3) is 4.24. The fraction of sp³-hybridized carbons (Fsp3) is 0.600. The summed E-state index contributed by atoms with van der Waals surface area (Å²) in [7, 11) is 0. The third-order valence-electron chi connectivity index (χ3n) is 5.47. The topological polar surface area (TPSA) is 77.7 Å². The molecule has 0 unspecified atom stereocenters. The van der Waals surface area contributed by atoms with Gasteiger partial charge in [0.05, 0.1) is 23.4 Å². The zero-order valence-electron chi connectivity index (χ0n) is 16.4. The maximum Gasteiger partial charge on any atom is 0.268 e. The van der Waals surface area contributed by atoms with Gasteiger partial charge in [-0.15, -0.1) is 11.3 Å². The van der Waals surface area contributed by atoms with Crippen LogP contribution < -0.4 is 5.32 Å². The lowest BCUT2D eigenvalue weighted by molar-refractivity contribution is -0.127. The van der Waals surface area contributed by atoms with Crippen LogP contribution in [-0.2, 0) is 16.1 Å². The molecule has 7 nitrogen and oxygen atoms in total. The monoisotopic (exact) mass is 404 g/mol. The number of nitrogens with zero attached hydrogens (tertiary/aromatic N) is 2. The van der Waals surface area contributed by atoms with Crippen molar-refractivity contribution in [3.8, 4) is 0 Å². The van der Waals surface area contributed by atoms with E-state index < -0.39 is 0 Å². The van der Waals surface area contributed by atoms with Crippen molar-refractivity contribution < 1.29 is 14.3 Å². The number of thiophene rings is 1. The van der Waals surface area contributed by atoms with Crippen LogP contribution in [0.2, 0.25) is 0 Å². The molecule has 2 N–H and O–H groups in total. The lowest BCUT2D eigenvalue weighted by atomic mass is 10.2. The maximum absolute atomic E-state index is 12.9. The Morgan fingerprint density at radius 3 is 2.89 bits per heavy atom. The normalized spacial score (nSPS) is 18.3. The largest absolute Gasteiger partial charge is 0.379 e. The summed E-state index contributed by atoms with van der Waals surface area (Å²) >= 11 is 1.74. The van der Waals surface area contributed by atoms with E-state index in [0.717, 1.165) is 69.9 Å². The highest BCUT2D eigenvalue weighted by atomic mass is 32.1. The molecule has 8 heteroatoms. The van der Waals surface area contributed by atoms with E-state index in [-0.39, 0.29) is 11.8 Å². The lowest BCUT2D eigenvalue weighted by Crippen LogP contribution is -2.36. The van der Waals surface area contributed by atoms with Gasteiger partial charge in [-0.3, -0.25) is 14.5 Å². The number of H-pyrrole nitrogens is 1. The number of morpholine rings is 1. The molecule has 2 fully saturated rings. The van der Waals surface area contributed by atoms with E-state index in [1.54, 1.807) is 11.3 Å². The molecule has 4 rings (SSSR count). The molecule has 2 amide bonds. The molecule has 2 aliphatic heterocycles. The molecule has 0 saturated carbocycles. The van der Waals surface area contributed by atoms with Crippen LogP contribution in [0.25, 0.3) is 10.2 Å². The lowest BCUT2D eigenvalue weighted by Gasteiger charge is -2.26. The zero-order chi connectivity index (χ0) is 19.5. The maximum atomic E-state index is 12.9. The summed E-state index contributed by atoms with van der Waals surface area (Å²) in [5, 5.41) is 3.03. The van der Waals surface area contributed by atoms with Crippen molar-refractivity contribution in [3.05, 3.63) is 22.2 Å². The van der Waals surface area contributed by atoms with Crippen molar-refractivity contribution in [2.45, 2.75) is 32.7 Å². The average Bonchev–Trinajstić information content (AvgIpc) is 3.35. The van der Waals surface area contributed by atoms with Gasteiger partial charge in [0.25, 0.3) is 5.91 Å². The first-order chi connectivity index (χ1) is 13.6. The molecule has 0 aliphatic carbocycles. The standard InChI is InChI=1S/C20H28N4O3S/c1-14-12-16-19(28-14)15(13-23-8-10-27-11-9-23)18(22-16)20(26)21-5-3-7-24-6-2-4-17(24)25/h12,22H,2-11,13H2,1H3,(H,21,26). The molecular weight excluding hydrogens is 376 g/mol. The fourth-order valence-electron chi connectivity index (χ4n) is 3.98. The summed E-state index contributed by atoms with van der Waals surface area (Å²) in [6.07, 6.45) is 2.40. The number of likely N-dealkylation sites (tertiary alicyclic amines) is 1. The first-order valence-electron chi connectivity index (χ1n) is 10.1. The van der Waals surface area contributed by atoms with Gasteiger partial charge in [0, 0.05) is 56.1 Å². The van der Waals surface area contributed by atoms with Gasteiger partial charge in [0.2, 0.25) is 5.91 Å². The quantitative estimate of drug-likeness (QED) is 0.693. The number of carbonyl (C=O) groups is 2. The van der Waals surface area contributed by atoms with Crippen molar-refractivity contribution in [1.82, 2.24) is 20.1 Å². The molecule has 0 atom stereocenters. The second-order valence-electron chi connectivity index (χ2n) is 7.56. The molecule has 2 aliphatic rings. The second kappa shape index (κ2) is 8.63. The highest BCUT2D eigenvalue weighted by Gasteiger charge is 2.23. The van der Waals surface area contributed by atoms with Crippen LogP contribution in [0.1, 0.15) is 40.2 Å². The molecule has 0 spiro atoms. The summed E-state index contributed by atoms with van der Waals surface area (Å²) in [6.45, 7) is 8.27. The number of aromatic nitrogens is 1. The van der Waals surface area contributed by atoms with Crippen LogP contribution in [0.3, 0.4) is 0 Å². The van der Waals surface area contributed by atoms with E-state index in [1.807, 2.05) is 4.90 Å². The van der Waals surface area contributed by atoms with Crippen molar-refractivity contribution in [1.29, 1.82) is 0 Å². The van der Waals surface area contributed by atoms with Gasteiger partial charge < -0.3 is 19.9 Å². The third-order valence-corrected chi connectivity index (χ3v) is 6.58. The van der Waals surface area contributed by atoms with Gasteiger partial charge in [0.1, 0.15) is 5.69 Å². The Balaban J connectivity index is 1.41. The Labute approximate surface area is 169 Å². The number of aromatic amines is 1. The van der Waals surface area contributed by atoms with Gasteiger partial charge in [0.15, 0.2) is 0 Å². The zero-order valence-corrected chi connectivity index (χ0v) is 17.2. The van der Waals surface area contributed by atoms with E-state index in [1.165, 1.54) is 9.58 Å². The van der Waals surface area contributed by atoms with Crippen LogP contribution in [0.15, 0.2) is 6.07 Å². The molecule has 2 aromatic rings. The minimum Gasteiger partial charge on any atom is -0.379 e. The van der Waals surface area contributed by atoms with E-state index in [2.05, 4.69) is 28.2 Å². The van der Waals surface area contributed by atoms with Gasteiger partial charge in [-0.05, 0) is 25.8 Å². The molecular formula is C20H28N4O3S. The Kier molecular flexibility index (Phi) is 5.99. The van der Waals surface area contributed by atoms with E-state index in [9.17, 15) is 9.59 Å². The molecule has 0 bridgehead atoms. The van der Waals surface area contributed by atoms with Gasteiger partial charge in [-0.25, -0.2) is 0 Å². The van der Waals surface area contributed by atoms with Gasteiger partial charge in [-0.1, -0.05) is 0 Å². The molecule has 0 radical (unpaired) electrons. The number of amides is 2. The number of hydrogen-bond acceptors (Lipinski definition) is 5. The second-order valence-corrected chi connectivity index (χ2v) is 8.82. The highest BCUT2D eigenvalue weighted by molar-refractivity contribution is 7.19. The molecule has 28 heavy (non-hydrogen) atoms. The summed E-state index contributed by atoms with van der Waals surface area (Å²) in [4.78, 5) is 33.4. The number of rotatable bonds is 7. The summed E-state index contributed by atoms with van der Waals surface area (Å²) in [5.74, 6) is 0.177. The predicted molar refractivity (Wildman–Crippen MR) is 110 cm³/mol. The molecule has 2 saturated heterocycles. The van der Waals surface area contributed by atoms with Crippen LogP contribution >= 0.6 is 11.3 Å². The number of hydrogen-bond donors (Lipinski definition) is 2. The average molecular weight is 405 g/mol. The Morgan fingerprint density at radius 2 is 2.14 bits per heavy atom. The number of nitrogens with one attached hydrogen (secondary N) is 2. The Bertz CT molecular complexity index is 853. The molecule has 4 heterocycles. The highest BCUT2D eigenvalue weighted by Crippen LogP contribution is 2.31. The fourth-order valence-corrected chi connectivity index (χ4v) is 4.99. The van der Waals surface area contributed by atoms with Crippen LogP contribution in [0.5, 0.6) is 0 Å². The SMILES string of the molecule is Cc1cc2[nH]c(C(=O)NCCCN3CCCC3=O)c(CN3CCOCC3)c2s1. The predicted octanol–water partition coefficient (Wildman–Crippen LogP) is 2.11. The number of fused-ring (bicyclic) bond motifs is 1. The number of aryl methyl sites for hydroxylation is 1. The first-order valence-corrected chi connectivity index (χ1v) is 10.9.